The summed E-state index contributed by atoms with van der Waals surface area (Å²) in [5.74, 6) is -0.570. The molecule has 0 aromatic heterocycles. The molecule has 0 bridgehead atoms. The van der Waals surface area contributed by atoms with Crippen molar-refractivity contribution < 1.29 is 14.7 Å². The first-order valence-corrected chi connectivity index (χ1v) is 11.7. The third-order valence-electron chi connectivity index (χ3n) is 6.42. The van der Waals surface area contributed by atoms with Crippen molar-refractivity contribution in [2.24, 2.45) is 11.3 Å². The number of benzene rings is 1. The second-order valence-electron chi connectivity index (χ2n) is 10.7. The summed E-state index contributed by atoms with van der Waals surface area (Å²) in [6.45, 7) is 15.0. The van der Waals surface area contributed by atoms with Crippen LogP contribution < -0.4 is 0 Å². The highest BCUT2D eigenvalue weighted by Gasteiger charge is 2.41. The lowest BCUT2D eigenvalue weighted by Crippen LogP contribution is -2.45. The Kier molecular flexibility index (Phi) is 8.02. The first-order chi connectivity index (χ1) is 14.2. The average Bonchev–Trinajstić information content (AvgIpc) is 2.64. The molecule has 0 saturated heterocycles. The van der Waals surface area contributed by atoms with E-state index in [1.165, 1.54) is 5.57 Å². The van der Waals surface area contributed by atoms with Gasteiger partial charge in [0.15, 0.2) is 0 Å². The predicted octanol–water partition coefficient (Wildman–Crippen LogP) is 6.60. The van der Waals surface area contributed by atoms with Crippen LogP contribution >= 0.6 is 11.6 Å². The van der Waals surface area contributed by atoms with E-state index < -0.39 is 11.4 Å². The smallest absolute Gasteiger partial charge is 0.303 e. The summed E-state index contributed by atoms with van der Waals surface area (Å²) >= 11 is 6.68. The maximum atomic E-state index is 13.1. The number of hydrogen-bond donors (Lipinski definition) is 1. The second kappa shape index (κ2) is 9.77. The van der Waals surface area contributed by atoms with Gasteiger partial charge in [0, 0.05) is 35.5 Å². The number of carbonyl (C=O) groups excluding carboxylic acids is 1. The Morgan fingerprint density at radius 2 is 1.90 bits per heavy atom. The normalized spacial score (nSPS) is 20.7. The third kappa shape index (κ3) is 6.35. The fourth-order valence-corrected chi connectivity index (χ4v) is 4.64. The van der Waals surface area contributed by atoms with Gasteiger partial charge in [-0.2, -0.15) is 0 Å². The van der Waals surface area contributed by atoms with Crippen LogP contribution in [0.15, 0.2) is 30.0 Å². The molecule has 0 aliphatic carbocycles. The SMILES string of the molecule is CC(C)C1=CN(C(C)CCC(=O)O)C(=O)CC1(C)c1ccc(CCC(C)(C)C)c(Cl)c1. The minimum atomic E-state index is -0.838. The zero-order valence-corrected chi connectivity index (χ0v) is 20.8. The molecule has 1 aromatic rings. The summed E-state index contributed by atoms with van der Waals surface area (Å²) in [6, 6.07) is 6.12. The fourth-order valence-electron chi connectivity index (χ4n) is 4.36. The van der Waals surface area contributed by atoms with Gasteiger partial charge in [0.25, 0.3) is 0 Å². The van der Waals surface area contributed by atoms with Crippen molar-refractivity contribution in [1.82, 2.24) is 4.90 Å². The van der Waals surface area contributed by atoms with Crippen molar-refractivity contribution in [2.45, 2.75) is 92.0 Å². The van der Waals surface area contributed by atoms with Crippen LogP contribution in [0.3, 0.4) is 0 Å². The molecule has 0 spiro atoms. The van der Waals surface area contributed by atoms with Crippen LogP contribution in [0.25, 0.3) is 0 Å². The first-order valence-electron chi connectivity index (χ1n) is 11.3. The molecule has 1 aliphatic heterocycles. The summed E-state index contributed by atoms with van der Waals surface area (Å²) in [7, 11) is 0. The molecule has 5 heteroatoms. The van der Waals surface area contributed by atoms with E-state index >= 15 is 0 Å². The van der Waals surface area contributed by atoms with Gasteiger partial charge in [-0.05, 0) is 60.3 Å². The van der Waals surface area contributed by atoms with E-state index in [4.69, 9.17) is 16.7 Å². The fraction of sp³-hybridized carbons (Fsp3) is 0.615. The summed E-state index contributed by atoms with van der Waals surface area (Å²) in [4.78, 5) is 25.8. The Morgan fingerprint density at radius 3 is 2.42 bits per heavy atom. The predicted molar refractivity (Wildman–Crippen MR) is 127 cm³/mol. The Hall–Kier alpha value is -1.81. The number of carbonyl (C=O) groups is 2. The highest BCUT2D eigenvalue weighted by molar-refractivity contribution is 6.31. The molecule has 1 aliphatic rings. The van der Waals surface area contributed by atoms with Crippen LogP contribution in [0, 0.1) is 11.3 Å². The lowest BCUT2D eigenvalue weighted by Gasteiger charge is -2.43. The minimum absolute atomic E-state index is 0.0257. The highest BCUT2D eigenvalue weighted by Crippen LogP contribution is 2.44. The molecule has 0 radical (unpaired) electrons. The van der Waals surface area contributed by atoms with Gasteiger partial charge < -0.3 is 10.0 Å². The lowest BCUT2D eigenvalue weighted by molar-refractivity contribution is -0.138. The van der Waals surface area contributed by atoms with E-state index in [0.717, 1.165) is 29.0 Å². The van der Waals surface area contributed by atoms with Crippen molar-refractivity contribution in [2.75, 3.05) is 0 Å². The Balaban J connectivity index is 2.36. The van der Waals surface area contributed by atoms with Gasteiger partial charge in [0.2, 0.25) is 5.91 Å². The molecule has 2 atom stereocenters. The van der Waals surface area contributed by atoms with Crippen LogP contribution in [0.4, 0.5) is 0 Å². The summed E-state index contributed by atoms with van der Waals surface area (Å²) in [6.07, 6.45) is 4.80. The molecular formula is C26H38ClNO3. The molecular weight excluding hydrogens is 410 g/mol. The average molecular weight is 448 g/mol. The first kappa shape index (κ1) is 25.5. The molecule has 172 valence electrons. The molecule has 2 rings (SSSR count). The molecule has 31 heavy (non-hydrogen) atoms. The monoisotopic (exact) mass is 447 g/mol. The maximum Gasteiger partial charge on any atom is 0.303 e. The van der Waals surface area contributed by atoms with Crippen LogP contribution in [0.5, 0.6) is 0 Å². The molecule has 1 N–H and O–H groups in total. The molecule has 2 unspecified atom stereocenters. The number of carboxylic acids is 1. The lowest BCUT2D eigenvalue weighted by atomic mass is 9.68. The number of hydrogen-bond acceptors (Lipinski definition) is 2. The number of nitrogens with zero attached hydrogens (tertiary/aromatic N) is 1. The Morgan fingerprint density at radius 1 is 1.26 bits per heavy atom. The van der Waals surface area contributed by atoms with Crippen LogP contribution in [-0.4, -0.2) is 27.9 Å². The maximum absolute atomic E-state index is 13.1. The van der Waals surface area contributed by atoms with Gasteiger partial charge in [-0.1, -0.05) is 65.3 Å². The van der Waals surface area contributed by atoms with Gasteiger partial charge in [0.1, 0.15) is 0 Å². The number of halogens is 1. The van der Waals surface area contributed by atoms with E-state index in [1.807, 2.05) is 19.2 Å². The molecule has 1 heterocycles. The third-order valence-corrected chi connectivity index (χ3v) is 6.77. The molecule has 0 fully saturated rings. The van der Waals surface area contributed by atoms with Crippen molar-refractivity contribution in [3.63, 3.8) is 0 Å². The van der Waals surface area contributed by atoms with Crippen molar-refractivity contribution >= 4 is 23.5 Å². The largest absolute Gasteiger partial charge is 0.481 e. The van der Waals surface area contributed by atoms with E-state index in [1.54, 1.807) is 4.90 Å². The zero-order chi connectivity index (χ0) is 23.6. The zero-order valence-electron chi connectivity index (χ0n) is 20.1. The van der Waals surface area contributed by atoms with Gasteiger partial charge in [-0.15, -0.1) is 0 Å². The highest BCUT2D eigenvalue weighted by atomic mass is 35.5. The van der Waals surface area contributed by atoms with Crippen molar-refractivity contribution in [1.29, 1.82) is 0 Å². The number of rotatable bonds is 8. The van der Waals surface area contributed by atoms with E-state index in [0.29, 0.717) is 12.8 Å². The van der Waals surface area contributed by atoms with E-state index in [9.17, 15) is 9.59 Å². The quantitative estimate of drug-likeness (QED) is 0.488. The van der Waals surface area contributed by atoms with Crippen LogP contribution in [-0.2, 0) is 21.4 Å². The van der Waals surface area contributed by atoms with Crippen LogP contribution in [0.2, 0.25) is 5.02 Å². The molecule has 4 nitrogen and oxygen atoms in total. The number of aryl methyl sites for hydroxylation is 1. The molecule has 1 aromatic carbocycles. The van der Waals surface area contributed by atoms with Crippen LogP contribution in [0.1, 0.15) is 85.3 Å². The summed E-state index contributed by atoms with van der Waals surface area (Å²) in [5, 5.41) is 9.76. The minimum Gasteiger partial charge on any atom is -0.481 e. The second-order valence-corrected chi connectivity index (χ2v) is 11.1. The number of aliphatic carboxylic acids is 1. The number of allylic oxidation sites excluding steroid dienone is 1. The standard InChI is InChI=1S/C26H38ClNO3/c1-17(2)21-16-28(18(3)8-11-24(30)31)23(29)15-26(21,7)20-10-9-19(22(27)14-20)12-13-25(4,5)6/h9-10,14,16-18H,8,11-13,15H2,1-7H3,(H,30,31). The molecule has 1 amide bonds. The Bertz CT molecular complexity index is 853. The van der Waals surface area contributed by atoms with Gasteiger partial charge >= 0.3 is 5.97 Å². The number of amides is 1. The van der Waals surface area contributed by atoms with Gasteiger partial charge in [0.05, 0.1) is 0 Å². The molecule has 0 saturated carbocycles. The summed E-state index contributed by atoms with van der Waals surface area (Å²) in [5.41, 5.74) is 3.19. The number of carboxylic acid groups (broad SMARTS) is 1. The van der Waals surface area contributed by atoms with Gasteiger partial charge in [-0.3, -0.25) is 9.59 Å². The van der Waals surface area contributed by atoms with Crippen molar-refractivity contribution in [3.8, 4) is 0 Å². The topological polar surface area (TPSA) is 57.6 Å². The van der Waals surface area contributed by atoms with Crippen molar-refractivity contribution in [3.05, 3.63) is 46.1 Å². The van der Waals surface area contributed by atoms with E-state index in [-0.39, 0.29) is 29.7 Å². The Labute approximate surface area is 192 Å². The van der Waals surface area contributed by atoms with Gasteiger partial charge in [-0.25, -0.2) is 0 Å². The van der Waals surface area contributed by atoms with E-state index in [2.05, 4.69) is 53.7 Å². The summed E-state index contributed by atoms with van der Waals surface area (Å²) < 4.78 is 0.